The lowest BCUT2D eigenvalue weighted by atomic mass is 10.2. The fourth-order valence-electron chi connectivity index (χ4n) is 1.51. The zero-order valence-corrected chi connectivity index (χ0v) is 11.1. The molecule has 0 bridgehead atoms. The third kappa shape index (κ3) is 3.05. The van der Waals surface area contributed by atoms with Crippen molar-refractivity contribution in [2.45, 2.75) is 20.4 Å². The Morgan fingerprint density at radius 3 is 2.82 bits per heavy atom. The largest absolute Gasteiger partial charge is 0.431 e. The quantitative estimate of drug-likeness (QED) is 0.901. The first-order valence-corrected chi connectivity index (χ1v) is 6.36. The summed E-state index contributed by atoms with van der Waals surface area (Å²) >= 11 is 1.58. The Hall–Kier alpha value is -1.39. The van der Waals surface area contributed by atoms with Crippen molar-refractivity contribution in [3.05, 3.63) is 40.4 Å². The van der Waals surface area contributed by atoms with E-state index in [0.717, 1.165) is 18.0 Å². The highest BCUT2D eigenvalue weighted by Gasteiger charge is 2.05. The Kier molecular flexibility index (Phi) is 3.76. The second-order valence-corrected chi connectivity index (χ2v) is 5.07. The van der Waals surface area contributed by atoms with Gasteiger partial charge in [-0.05, 0) is 38.6 Å². The Morgan fingerprint density at radius 2 is 2.18 bits per heavy atom. The first-order valence-electron chi connectivity index (χ1n) is 5.54. The second-order valence-electron chi connectivity index (χ2n) is 3.90. The van der Waals surface area contributed by atoms with Crippen LogP contribution < -0.4 is 10.1 Å². The van der Waals surface area contributed by atoms with Gasteiger partial charge in [-0.1, -0.05) is 23.5 Å². The van der Waals surface area contributed by atoms with Gasteiger partial charge in [-0.15, -0.1) is 0 Å². The van der Waals surface area contributed by atoms with E-state index in [1.165, 1.54) is 10.4 Å². The molecule has 17 heavy (non-hydrogen) atoms. The Balaban J connectivity index is 2.15. The van der Waals surface area contributed by atoms with Crippen molar-refractivity contribution in [1.82, 2.24) is 10.3 Å². The van der Waals surface area contributed by atoms with Crippen LogP contribution in [0.3, 0.4) is 0 Å². The summed E-state index contributed by atoms with van der Waals surface area (Å²) in [5, 5.41) is 3.83. The average Bonchev–Trinajstić information content (AvgIpc) is 2.59. The summed E-state index contributed by atoms with van der Waals surface area (Å²) in [5.41, 5.74) is 2.24. The summed E-state index contributed by atoms with van der Waals surface area (Å²) in [6.07, 6.45) is 0. The normalized spacial score (nSPS) is 10.5. The standard InChI is InChI=1S/C13H16N2OS/c1-9-10(2)17-13(15-9)16-12-6-4-5-11(7-12)8-14-3/h4-7,14H,8H2,1-3H3. The molecule has 0 fully saturated rings. The minimum atomic E-state index is 0.710. The molecule has 4 heteroatoms. The molecule has 0 radical (unpaired) electrons. The summed E-state index contributed by atoms with van der Waals surface area (Å²) in [6.45, 7) is 4.89. The van der Waals surface area contributed by atoms with Crippen LogP contribution in [0.1, 0.15) is 16.1 Å². The van der Waals surface area contributed by atoms with Gasteiger partial charge in [0, 0.05) is 11.4 Å². The van der Waals surface area contributed by atoms with Crippen LogP contribution in [0.15, 0.2) is 24.3 Å². The molecule has 0 amide bonds. The predicted octanol–water partition coefficient (Wildman–Crippen LogP) is 3.27. The van der Waals surface area contributed by atoms with Gasteiger partial charge in [0.15, 0.2) is 0 Å². The number of thiazole rings is 1. The zero-order chi connectivity index (χ0) is 12.3. The molecular formula is C13H16N2OS. The fraction of sp³-hybridized carbons (Fsp3) is 0.308. The number of aryl methyl sites for hydroxylation is 2. The van der Waals surface area contributed by atoms with Gasteiger partial charge >= 0.3 is 0 Å². The molecule has 0 aliphatic rings. The molecule has 90 valence electrons. The number of rotatable bonds is 4. The maximum absolute atomic E-state index is 5.75. The van der Waals surface area contributed by atoms with Gasteiger partial charge in [0.1, 0.15) is 5.75 Å². The summed E-state index contributed by atoms with van der Waals surface area (Å²) < 4.78 is 5.75. The van der Waals surface area contributed by atoms with E-state index in [9.17, 15) is 0 Å². The van der Waals surface area contributed by atoms with Crippen molar-refractivity contribution in [1.29, 1.82) is 0 Å². The van der Waals surface area contributed by atoms with Crippen LogP contribution in [0, 0.1) is 13.8 Å². The lowest BCUT2D eigenvalue weighted by molar-refractivity contribution is 0.477. The maximum atomic E-state index is 5.75. The second kappa shape index (κ2) is 5.29. The Morgan fingerprint density at radius 1 is 1.35 bits per heavy atom. The number of nitrogens with one attached hydrogen (secondary N) is 1. The number of hydrogen-bond donors (Lipinski definition) is 1. The first kappa shape index (κ1) is 12.1. The van der Waals surface area contributed by atoms with E-state index < -0.39 is 0 Å². The number of aromatic nitrogens is 1. The zero-order valence-electron chi connectivity index (χ0n) is 10.3. The molecule has 2 aromatic rings. The Bertz CT molecular complexity index is 488. The van der Waals surface area contributed by atoms with Gasteiger partial charge in [0.2, 0.25) is 0 Å². The van der Waals surface area contributed by atoms with E-state index in [1.807, 2.05) is 32.2 Å². The molecule has 1 aromatic carbocycles. The molecule has 0 spiro atoms. The van der Waals surface area contributed by atoms with Crippen LogP contribution in [-0.4, -0.2) is 12.0 Å². The summed E-state index contributed by atoms with van der Waals surface area (Å²) in [7, 11) is 1.93. The maximum Gasteiger partial charge on any atom is 0.279 e. The highest BCUT2D eigenvalue weighted by atomic mass is 32.1. The van der Waals surface area contributed by atoms with Gasteiger partial charge in [0.05, 0.1) is 5.69 Å². The van der Waals surface area contributed by atoms with Crippen LogP contribution in [0.5, 0.6) is 10.9 Å². The lowest BCUT2D eigenvalue weighted by Crippen LogP contribution is -2.04. The molecule has 0 saturated heterocycles. The fourth-order valence-corrected chi connectivity index (χ4v) is 2.29. The topological polar surface area (TPSA) is 34.1 Å². The lowest BCUT2D eigenvalue weighted by Gasteiger charge is -2.04. The van der Waals surface area contributed by atoms with Crippen LogP contribution >= 0.6 is 11.3 Å². The molecule has 0 unspecified atom stereocenters. The Labute approximate surface area is 105 Å². The predicted molar refractivity (Wildman–Crippen MR) is 70.9 cm³/mol. The highest BCUT2D eigenvalue weighted by Crippen LogP contribution is 2.28. The van der Waals surface area contributed by atoms with Crippen molar-refractivity contribution < 1.29 is 4.74 Å². The molecule has 0 atom stereocenters. The number of nitrogens with zero attached hydrogens (tertiary/aromatic N) is 1. The average molecular weight is 248 g/mol. The summed E-state index contributed by atoms with van der Waals surface area (Å²) in [5.74, 6) is 0.839. The minimum absolute atomic E-state index is 0.710. The number of hydrogen-bond acceptors (Lipinski definition) is 4. The van der Waals surface area contributed by atoms with Crippen LogP contribution in [0.4, 0.5) is 0 Å². The molecule has 1 heterocycles. The molecule has 1 aromatic heterocycles. The monoisotopic (exact) mass is 248 g/mol. The van der Waals surface area contributed by atoms with E-state index in [2.05, 4.69) is 23.3 Å². The molecule has 1 N–H and O–H groups in total. The van der Waals surface area contributed by atoms with Crippen molar-refractivity contribution in [3.63, 3.8) is 0 Å². The molecule has 0 aliphatic heterocycles. The van der Waals surface area contributed by atoms with Gasteiger partial charge in [-0.2, -0.15) is 0 Å². The van der Waals surface area contributed by atoms with E-state index >= 15 is 0 Å². The summed E-state index contributed by atoms with van der Waals surface area (Å²) in [4.78, 5) is 5.56. The van der Waals surface area contributed by atoms with Gasteiger partial charge in [0.25, 0.3) is 5.19 Å². The van der Waals surface area contributed by atoms with Gasteiger partial charge < -0.3 is 10.1 Å². The van der Waals surface area contributed by atoms with Crippen molar-refractivity contribution in [3.8, 4) is 10.9 Å². The van der Waals surface area contributed by atoms with E-state index in [0.29, 0.717) is 5.19 Å². The number of benzene rings is 1. The smallest absolute Gasteiger partial charge is 0.279 e. The van der Waals surface area contributed by atoms with E-state index in [1.54, 1.807) is 11.3 Å². The molecular weight excluding hydrogens is 232 g/mol. The van der Waals surface area contributed by atoms with E-state index in [4.69, 9.17) is 4.74 Å². The van der Waals surface area contributed by atoms with Crippen LogP contribution in [0.2, 0.25) is 0 Å². The van der Waals surface area contributed by atoms with Crippen LogP contribution in [-0.2, 0) is 6.54 Å². The SMILES string of the molecule is CNCc1cccc(Oc2nc(C)c(C)s2)c1. The highest BCUT2D eigenvalue weighted by molar-refractivity contribution is 7.13. The molecule has 3 nitrogen and oxygen atoms in total. The van der Waals surface area contributed by atoms with Gasteiger partial charge in [-0.3, -0.25) is 0 Å². The van der Waals surface area contributed by atoms with Gasteiger partial charge in [-0.25, -0.2) is 4.98 Å². The first-order chi connectivity index (χ1) is 8.19. The summed E-state index contributed by atoms with van der Waals surface area (Å²) in [6, 6.07) is 8.05. The van der Waals surface area contributed by atoms with E-state index in [-0.39, 0.29) is 0 Å². The molecule has 2 rings (SSSR count). The van der Waals surface area contributed by atoms with Crippen molar-refractivity contribution >= 4 is 11.3 Å². The van der Waals surface area contributed by atoms with Crippen molar-refractivity contribution in [2.24, 2.45) is 0 Å². The van der Waals surface area contributed by atoms with Crippen LogP contribution in [0.25, 0.3) is 0 Å². The molecule has 0 aliphatic carbocycles. The number of ether oxygens (including phenoxy) is 1. The van der Waals surface area contributed by atoms with Crippen molar-refractivity contribution in [2.75, 3.05) is 7.05 Å². The minimum Gasteiger partial charge on any atom is -0.431 e. The third-order valence-electron chi connectivity index (χ3n) is 2.49. The molecule has 0 saturated carbocycles. The third-order valence-corrected chi connectivity index (χ3v) is 3.44.